The van der Waals surface area contributed by atoms with Gasteiger partial charge in [0.05, 0.1) is 18.1 Å². The van der Waals surface area contributed by atoms with Crippen LogP contribution in [-0.2, 0) is 4.79 Å². The monoisotopic (exact) mass is 204 g/mol. The van der Waals surface area contributed by atoms with E-state index in [2.05, 4.69) is 0 Å². The first-order valence-corrected chi connectivity index (χ1v) is 4.56. The van der Waals surface area contributed by atoms with Crippen molar-refractivity contribution in [2.75, 3.05) is 6.61 Å². The second-order valence-electron chi connectivity index (χ2n) is 3.22. The van der Waals surface area contributed by atoms with Gasteiger partial charge in [0.25, 0.3) is 0 Å². The Morgan fingerprint density at radius 1 is 1.60 bits per heavy atom. The van der Waals surface area contributed by atoms with Crippen LogP contribution in [0.2, 0.25) is 0 Å². The Morgan fingerprint density at radius 2 is 2.27 bits per heavy atom. The second-order valence-corrected chi connectivity index (χ2v) is 3.22. The third-order valence-electron chi connectivity index (χ3n) is 1.98. The number of amides is 1. The molecule has 0 fully saturated rings. The largest absolute Gasteiger partial charge is 0.491 e. The Hall–Kier alpha value is -2.02. The number of benzene rings is 1. The molecule has 2 N–H and O–H groups in total. The first-order chi connectivity index (χ1) is 7.15. The van der Waals surface area contributed by atoms with Crippen molar-refractivity contribution in [2.24, 2.45) is 11.7 Å². The number of nitrogens with zero attached hydrogens (tertiary/aromatic N) is 1. The third kappa shape index (κ3) is 2.99. The molecule has 4 nitrogen and oxygen atoms in total. The standard InChI is InChI=1S/C11H12N2O2/c1-8(11(13)14)7-15-10-5-3-2-4-9(10)6-12/h2-5,8H,7H2,1H3,(H2,13,14). The van der Waals surface area contributed by atoms with E-state index in [1.54, 1.807) is 31.2 Å². The van der Waals surface area contributed by atoms with E-state index >= 15 is 0 Å². The van der Waals surface area contributed by atoms with Crippen LogP contribution in [0, 0.1) is 17.2 Å². The predicted molar refractivity (Wildman–Crippen MR) is 55.0 cm³/mol. The van der Waals surface area contributed by atoms with Crippen molar-refractivity contribution >= 4 is 5.91 Å². The summed E-state index contributed by atoms with van der Waals surface area (Å²) in [7, 11) is 0. The van der Waals surface area contributed by atoms with Crippen LogP contribution >= 0.6 is 0 Å². The van der Waals surface area contributed by atoms with E-state index in [4.69, 9.17) is 15.7 Å². The summed E-state index contributed by atoms with van der Waals surface area (Å²) in [6, 6.07) is 8.87. The Morgan fingerprint density at radius 3 is 2.87 bits per heavy atom. The number of ether oxygens (including phenoxy) is 1. The molecule has 4 heteroatoms. The average Bonchev–Trinajstić information content (AvgIpc) is 2.26. The molecule has 1 amide bonds. The van der Waals surface area contributed by atoms with Crippen LogP contribution in [0.5, 0.6) is 5.75 Å². The third-order valence-corrected chi connectivity index (χ3v) is 1.98. The highest BCUT2D eigenvalue weighted by atomic mass is 16.5. The Balaban J connectivity index is 2.66. The summed E-state index contributed by atoms with van der Waals surface area (Å²) in [5, 5.41) is 8.77. The minimum atomic E-state index is -0.413. The van der Waals surface area contributed by atoms with Crippen molar-refractivity contribution in [2.45, 2.75) is 6.92 Å². The van der Waals surface area contributed by atoms with Gasteiger partial charge in [-0.25, -0.2) is 0 Å². The van der Waals surface area contributed by atoms with Gasteiger partial charge < -0.3 is 10.5 Å². The fourth-order valence-electron chi connectivity index (χ4n) is 0.982. The Kier molecular flexibility index (Phi) is 3.69. The van der Waals surface area contributed by atoms with Crippen molar-refractivity contribution in [1.82, 2.24) is 0 Å². The molecule has 0 aliphatic heterocycles. The molecule has 1 aromatic carbocycles. The van der Waals surface area contributed by atoms with E-state index in [9.17, 15) is 4.79 Å². The number of hydrogen-bond donors (Lipinski definition) is 1. The molecule has 1 aromatic rings. The molecule has 0 radical (unpaired) electrons. The maximum absolute atomic E-state index is 10.8. The number of rotatable bonds is 4. The molecule has 15 heavy (non-hydrogen) atoms. The Labute approximate surface area is 88.3 Å². The summed E-state index contributed by atoms with van der Waals surface area (Å²) in [5.41, 5.74) is 5.54. The molecule has 0 spiro atoms. The number of primary amides is 1. The first-order valence-electron chi connectivity index (χ1n) is 4.56. The predicted octanol–water partition coefficient (Wildman–Crippen LogP) is 1.06. The zero-order chi connectivity index (χ0) is 11.3. The SMILES string of the molecule is CC(COc1ccccc1C#N)C(N)=O. The topological polar surface area (TPSA) is 76.1 Å². The summed E-state index contributed by atoms with van der Waals surface area (Å²) < 4.78 is 5.33. The van der Waals surface area contributed by atoms with Crippen LogP contribution in [0.3, 0.4) is 0 Å². The van der Waals surface area contributed by atoms with E-state index in [-0.39, 0.29) is 12.5 Å². The molecule has 1 atom stereocenters. The molecule has 1 unspecified atom stereocenters. The van der Waals surface area contributed by atoms with Gasteiger partial charge in [0.15, 0.2) is 0 Å². The fourth-order valence-corrected chi connectivity index (χ4v) is 0.982. The maximum atomic E-state index is 10.8. The lowest BCUT2D eigenvalue weighted by molar-refractivity contribution is -0.122. The van der Waals surface area contributed by atoms with Crippen LogP contribution in [-0.4, -0.2) is 12.5 Å². The highest BCUT2D eigenvalue weighted by Gasteiger charge is 2.10. The number of carbonyl (C=O) groups is 1. The minimum Gasteiger partial charge on any atom is -0.491 e. The van der Waals surface area contributed by atoms with Gasteiger partial charge in [-0.15, -0.1) is 0 Å². The lowest BCUT2D eigenvalue weighted by Gasteiger charge is -2.10. The molecule has 1 rings (SSSR count). The fraction of sp³-hybridized carbons (Fsp3) is 0.273. The Bertz CT molecular complexity index is 396. The van der Waals surface area contributed by atoms with Crippen LogP contribution in [0.4, 0.5) is 0 Å². The van der Waals surface area contributed by atoms with Crippen molar-refractivity contribution in [1.29, 1.82) is 5.26 Å². The van der Waals surface area contributed by atoms with E-state index in [0.717, 1.165) is 0 Å². The summed E-state index contributed by atoms with van der Waals surface area (Å²) in [5.74, 6) is -0.297. The van der Waals surface area contributed by atoms with Gasteiger partial charge in [0, 0.05) is 0 Å². The number of carbonyl (C=O) groups excluding carboxylic acids is 1. The number of nitriles is 1. The molecule has 0 aliphatic carbocycles. The smallest absolute Gasteiger partial charge is 0.223 e. The molecule has 0 saturated carbocycles. The zero-order valence-corrected chi connectivity index (χ0v) is 8.43. The second kappa shape index (κ2) is 5.01. The molecule has 0 heterocycles. The normalized spacial score (nSPS) is 11.5. The molecule has 0 aliphatic rings. The molecule has 0 bridgehead atoms. The van der Waals surface area contributed by atoms with Crippen molar-refractivity contribution in [3.8, 4) is 11.8 Å². The van der Waals surface area contributed by atoms with Gasteiger partial charge in [-0.2, -0.15) is 5.26 Å². The van der Waals surface area contributed by atoms with Crippen molar-refractivity contribution in [3.63, 3.8) is 0 Å². The number of nitrogens with two attached hydrogens (primary N) is 1. The summed E-state index contributed by atoms with van der Waals surface area (Å²) >= 11 is 0. The lowest BCUT2D eigenvalue weighted by atomic mass is 10.2. The van der Waals surface area contributed by atoms with Gasteiger partial charge in [0.2, 0.25) is 5.91 Å². The lowest BCUT2D eigenvalue weighted by Crippen LogP contribution is -2.25. The van der Waals surface area contributed by atoms with Gasteiger partial charge in [0.1, 0.15) is 11.8 Å². The van der Waals surface area contributed by atoms with E-state index in [0.29, 0.717) is 11.3 Å². The zero-order valence-electron chi connectivity index (χ0n) is 8.43. The van der Waals surface area contributed by atoms with Gasteiger partial charge in [-0.3, -0.25) is 4.79 Å². The summed E-state index contributed by atoms with van der Waals surface area (Å²) in [6.07, 6.45) is 0. The van der Waals surface area contributed by atoms with Gasteiger partial charge in [-0.1, -0.05) is 19.1 Å². The van der Waals surface area contributed by atoms with Crippen LogP contribution in [0.1, 0.15) is 12.5 Å². The average molecular weight is 204 g/mol. The number of hydrogen-bond acceptors (Lipinski definition) is 3. The molecule has 78 valence electrons. The van der Waals surface area contributed by atoms with Crippen molar-refractivity contribution in [3.05, 3.63) is 29.8 Å². The van der Waals surface area contributed by atoms with Crippen LogP contribution < -0.4 is 10.5 Å². The minimum absolute atomic E-state index is 0.189. The summed E-state index contributed by atoms with van der Waals surface area (Å²) in [6.45, 7) is 1.87. The quantitative estimate of drug-likeness (QED) is 0.796. The van der Waals surface area contributed by atoms with E-state index in [1.165, 1.54) is 0 Å². The number of para-hydroxylation sites is 1. The van der Waals surface area contributed by atoms with E-state index < -0.39 is 5.91 Å². The highest BCUT2D eigenvalue weighted by Crippen LogP contribution is 2.17. The molecular formula is C11H12N2O2. The first kappa shape index (κ1) is 11.1. The molecule has 0 saturated heterocycles. The van der Waals surface area contributed by atoms with E-state index in [1.807, 2.05) is 6.07 Å². The summed E-state index contributed by atoms with van der Waals surface area (Å²) in [4.78, 5) is 10.8. The van der Waals surface area contributed by atoms with Crippen LogP contribution in [0.25, 0.3) is 0 Å². The highest BCUT2D eigenvalue weighted by molar-refractivity contribution is 5.76. The van der Waals surface area contributed by atoms with Gasteiger partial charge >= 0.3 is 0 Å². The maximum Gasteiger partial charge on any atom is 0.223 e. The van der Waals surface area contributed by atoms with Crippen LogP contribution in [0.15, 0.2) is 24.3 Å². The molecular weight excluding hydrogens is 192 g/mol. The van der Waals surface area contributed by atoms with Crippen molar-refractivity contribution < 1.29 is 9.53 Å². The molecule has 0 aromatic heterocycles. The van der Waals surface area contributed by atoms with Gasteiger partial charge in [-0.05, 0) is 12.1 Å².